The average Bonchev–Trinajstić information content (AvgIpc) is 2.77. The van der Waals surface area contributed by atoms with E-state index < -0.39 is 11.5 Å². The van der Waals surface area contributed by atoms with Crippen LogP contribution in [0.4, 0.5) is 10.1 Å². The minimum Gasteiger partial charge on any atom is -0.321 e. The maximum Gasteiger partial charge on any atom is 0.265 e. The number of hydrogen-bond acceptors (Lipinski definition) is 4. The van der Waals surface area contributed by atoms with Gasteiger partial charge in [0.25, 0.3) is 11.5 Å². The van der Waals surface area contributed by atoms with Crippen LogP contribution in [-0.2, 0) is 6.54 Å². The largest absolute Gasteiger partial charge is 0.321 e. The molecule has 2 heterocycles. The molecule has 0 radical (unpaired) electrons. The standard InChI is InChI=1S/C23H18FN3O2S/c1-30-20-7-3-2-6-19(20)26-22(28)18-13-16-5-4-12-25-21(16)27(23(18)29)14-15-8-10-17(24)11-9-15/h2-13H,14H2,1H3,(H,26,28). The summed E-state index contributed by atoms with van der Waals surface area (Å²) in [6, 6.07) is 18.4. The van der Waals surface area contributed by atoms with Crippen molar-refractivity contribution < 1.29 is 9.18 Å². The quantitative estimate of drug-likeness (QED) is 0.482. The molecule has 0 spiro atoms. The molecule has 0 saturated carbocycles. The summed E-state index contributed by atoms with van der Waals surface area (Å²) in [4.78, 5) is 31.4. The second-order valence-electron chi connectivity index (χ2n) is 6.65. The smallest absolute Gasteiger partial charge is 0.265 e. The molecule has 7 heteroatoms. The summed E-state index contributed by atoms with van der Waals surface area (Å²) in [6.45, 7) is 0.176. The number of para-hydroxylation sites is 1. The van der Waals surface area contributed by atoms with Crippen molar-refractivity contribution in [1.29, 1.82) is 0 Å². The molecule has 0 saturated heterocycles. The maximum absolute atomic E-state index is 13.3. The number of amides is 1. The molecule has 150 valence electrons. The van der Waals surface area contributed by atoms with Gasteiger partial charge in [0.15, 0.2) is 0 Å². The molecule has 0 atom stereocenters. The molecule has 0 aliphatic heterocycles. The lowest BCUT2D eigenvalue weighted by atomic mass is 10.1. The minimum atomic E-state index is -0.486. The average molecular weight is 419 g/mol. The number of halogens is 1. The third-order valence-corrected chi connectivity index (χ3v) is 5.50. The first-order chi connectivity index (χ1) is 14.6. The van der Waals surface area contributed by atoms with E-state index in [0.717, 1.165) is 10.5 Å². The lowest BCUT2D eigenvalue weighted by molar-refractivity contribution is 0.102. The summed E-state index contributed by atoms with van der Waals surface area (Å²) in [5.41, 5.74) is 1.41. The van der Waals surface area contributed by atoms with Gasteiger partial charge in [0, 0.05) is 16.5 Å². The van der Waals surface area contributed by atoms with E-state index in [1.54, 1.807) is 42.6 Å². The Hall–Kier alpha value is -3.45. The number of aromatic nitrogens is 2. The van der Waals surface area contributed by atoms with Gasteiger partial charge in [-0.2, -0.15) is 0 Å². The lowest BCUT2D eigenvalue weighted by Gasteiger charge is -2.13. The summed E-state index contributed by atoms with van der Waals surface area (Å²) >= 11 is 1.51. The fraction of sp³-hybridized carbons (Fsp3) is 0.0870. The highest BCUT2D eigenvalue weighted by molar-refractivity contribution is 7.98. The highest BCUT2D eigenvalue weighted by Gasteiger charge is 2.17. The van der Waals surface area contributed by atoms with Crippen LogP contribution in [0.1, 0.15) is 15.9 Å². The number of nitrogens with one attached hydrogen (secondary N) is 1. The van der Waals surface area contributed by atoms with Gasteiger partial charge in [0.1, 0.15) is 17.0 Å². The van der Waals surface area contributed by atoms with Crippen LogP contribution >= 0.6 is 11.8 Å². The van der Waals surface area contributed by atoms with Crippen LogP contribution in [0.2, 0.25) is 0 Å². The number of carbonyl (C=O) groups excluding carboxylic acids is 1. The number of rotatable bonds is 5. The molecule has 5 nitrogen and oxygen atoms in total. The van der Waals surface area contributed by atoms with E-state index in [4.69, 9.17) is 0 Å². The Labute approximate surface area is 176 Å². The zero-order chi connectivity index (χ0) is 21.1. The molecule has 0 aliphatic carbocycles. The molecule has 30 heavy (non-hydrogen) atoms. The number of carbonyl (C=O) groups is 1. The highest BCUT2D eigenvalue weighted by Crippen LogP contribution is 2.25. The van der Waals surface area contributed by atoms with Crippen LogP contribution in [0.5, 0.6) is 0 Å². The van der Waals surface area contributed by atoms with Crippen LogP contribution in [0.15, 0.2) is 82.6 Å². The van der Waals surface area contributed by atoms with Crippen molar-refractivity contribution in [3.05, 3.63) is 100 Å². The number of thioether (sulfide) groups is 1. The summed E-state index contributed by atoms with van der Waals surface area (Å²) in [7, 11) is 0. The van der Waals surface area contributed by atoms with Crippen molar-refractivity contribution in [3.63, 3.8) is 0 Å². The molecule has 2 aromatic carbocycles. The Morgan fingerprint density at radius 3 is 2.63 bits per heavy atom. The Morgan fingerprint density at radius 2 is 1.87 bits per heavy atom. The fourth-order valence-electron chi connectivity index (χ4n) is 3.23. The molecule has 4 aromatic rings. The van der Waals surface area contributed by atoms with Crippen molar-refractivity contribution in [3.8, 4) is 0 Å². The Bertz CT molecular complexity index is 1290. The summed E-state index contributed by atoms with van der Waals surface area (Å²) in [5.74, 6) is -0.838. The van der Waals surface area contributed by atoms with Crippen molar-refractivity contribution in [2.24, 2.45) is 0 Å². The van der Waals surface area contributed by atoms with Crippen molar-refractivity contribution in [2.45, 2.75) is 11.4 Å². The van der Waals surface area contributed by atoms with Gasteiger partial charge in [-0.3, -0.25) is 14.2 Å². The molecular weight excluding hydrogens is 401 g/mol. The Kier molecular flexibility index (Phi) is 5.63. The zero-order valence-corrected chi connectivity index (χ0v) is 16.9. The van der Waals surface area contributed by atoms with Gasteiger partial charge in [0.2, 0.25) is 0 Å². The monoisotopic (exact) mass is 419 g/mol. The van der Waals surface area contributed by atoms with Crippen LogP contribution in [0.25, 0.3) is 11.0 Å². The second kappa shape index (κ2) is 8.51. The predicted octanol–water partition coefficient (Wildman–Crippen LogP) is 4.56. The molecule has 2 aromatic heterocycles. The minimum absolute atomic E-state index is 0.0218. The molecule has 0 unspecified atom stereocenters. The molecule has 4 rings (SSSR count). The van der Waals surface area contributed by atoms with E-state index in [1.807, 2.05) is 24.5 Å². The number of benzene rings is 2. The lowest BCUT2D eigenvalue weighted by Crippen LogP contribution is -2.30. The topological polar surface area (TPSA) is 64.0 Å². The summed E-state index contributed by atoms with van der Waals surface area (Å²) in [5, 5.41) is 3.51. The van der Waals surface area contributed by atoms with Gasteiger partial charge < -0.3 is 5.32 Å². The third kappa shape index (κ3) is 3.97. The third-order valence-electron chi connectivity index (χ3n) is 4.70. The highest BCUT2D eigenvalue weighted by atomic mass is 32.2. The Balaban J connectivity index is 1.78. The van der Waals surface area contributed by atoms with E-state index in [0.29, 0.717) is 16.7 Å². The predicted molar refractivity (Wildman–Crippen MR) is 118 cm³/mol. The van der Waals surface area contributed by atoms with Gasteiger partial charge in [-0.25, -0.2) is 9.37 Å². The van der Waals surface area contributed by atoms with Gasteiger partial charge in [-0.1, -0.05) is 24.3 Å². The van der Waals surface area contributed by atoms with Crippen LogP contribution in [0.3, 0.4) is 0 Å². The van der Waals surface area contributed by atoms with Gasteiger partial charge in [-0.05, 0) is 54.3 Å². The number of fused-ring (bicyclic) bond motifs is 1. The van der Waals surface area contributed by atoms with Crippen LogP contribution < -0.4 is 10.9 Å². The first kappa shape index (κ1) is 19.8. The van der Waals surface area contributed by atoms with E-state index in [2.05, 4.69) is 10.3 Å². The van der Waals surface area contributed by atoms with E-state index in [9.17, 15) is 14.0 Å². The molecule has 0 bridgehead atoms. The SMILES string of the molecule is CSc1ccccc1NC(=O)c1cc2cccnc2n(Cc2ccc(F)cc2)c1=O. The molecule has 1 amide bonds. The molecule has 0 fully saturated rings. The van der Waals surface area contributed by atoms with E-state index in [1.165, 1.54) is 28.5 Å². The molecule has 0 aliphatic rings. The van der Waals surface area contributed by atoms with E-state index in [-0.39, 0.29) is 17.9 Å². The number of nitrogens with zero attached hydrogens (tertiary/aromatic N) is 2. The first-order valence-corrected chi connectivity index (χ1v) is 10.5. The van der Waals surface area contributed by atoms with Gasteiger partial charge in [0.05, 0.1) is 12.2 Å². The Morgan fingerprint density at radius 1 is 1.10 bits per heavy atom. The first-order valence-electron chi connectivity index (χ1n) is 9.24. The van der Waals surface area contributed by atoms with Crippen LogP contribution in [0, 0.1) is 5.82 Å². The summed E-state index contributed by atoms with van der Waals surface area (Å²) in [6.07, 6.45) is 3.51. The molecular formula is C23H18FN3O2S. The normalized spacial score (nSPS) is 10.9. The second-order valence-corrected chi connectivity index (χ2v) is 7.49. The van der Waals surface area contributed by atoms with Crippen molar-refractivity contribution in [2.75, 3.05) is 11.6 Å². The number of pyridine rings is 2. The number of hydrogen-bond donors (Lipinski definition) is 1. The summed E-state index contributed by atoms with van der Waals surface area (Å²) < 4.78 is 14.7. The number of anilines is 1. The zero-order valence-electron chi connectivity index (χ0n) is 16.1. The fourth-order valence-corrected chi connectivity index (χ4v) is 3.78. The van der Waals surface area contributed by atoms with Gasteiger partial charge in [-0.15, -0.1) is 11.8 Å². The van der Waals surface area contributed by atoms with Crippen LogP contribution in [-0.4, -0.2) is 21.7 Å². The maximum atomic E-state index is 13.3. The van der Waals surface area contributed by atoms with E-state index >= 15 is 0 Å². The van der Waals surface area contributed by atoms with Crippen molar-refractivity contribution in [1.82, 2.24) is 9.55 Å². The van der Waals surface area contributed by atoms with Gasteiger partial charge >= 0.3 is 0 Å². The molecule has 1 N–H and O–H groups in total. The van der Waals surface area contributed by atoms with Crippen molar-refractivity contribution >= 4 is 34.4 Å².